The smallest absolute Gasteiger partial charge is 0.307 e. The Labute approximate surface area is 698 Å². The van der Waals surface area contributed by atoms with Crippen LogP contribution in [0, 0.1) is 0 Å². The minimum atomic E-state index is -1.30. The number of nitrogens with one attached hydrogen (secondary N) is 1. The molecule has 0 aliphatic heterocycles. The Bertz CT molecular complexity index is 5020. The topological polar surface area (TPSA) is 353 Å². The predicted octanol–water partition coefficient (Wildman–Crippen LogP) is 13.7. The molecule has 0 aliphatic carbocycles. The van der Waals surface area contributed by atoms with Crippen LogP contribution in [0.2, 0.25) is 51.4 Å². The van der Waals surface area contributed by atoms with E-state index in [0.29, 0.717) is 59.1 Å². The number of para-hydroxylation sites is 2. The van der Waals surface area contributed by atoms with E-state index in [9.17, 15) is 39.3 Å². The summed E-state index contributed by atoms with van der Waals surface area (Å²) in [6.07, 6.45) is 16.1. The summed E-state index contributed by atoms with van der Waals surface area (Å²) >= 11 is 9.72. The zero-order chi connectivity index (χ0) is 84.9. The molecule has 9 aromatic heterocycles. The highest BCUT2D eigenvalue weighted by Gasteiger charge is 2.25. The number of carboxylic acid groups (broad SMARTS) is 1. The Morgan fingerprint density at radius 1 is 0.496 bits per heavy atom. The number of ether oxygens (including phenoxy) is 4. The first-order chi connectivity index (χ1) is 54.4. The number of aromatic amines is 1. The van der Waals surface area contributed by atoms with Crippen molar-refractivity contribution in [1.29, 1.82) is 0 Å². The lowest BCUT2D eigenvalue weighted by Crippen LogP contribution is -2.28. The molecule has 0 radical (unpaired) electrons. The van der Waals surface area contributed by atoms with Crippen molar-refractivity contribution in [1.82, 2.24) is 74.5 Å². The molecule has 3 unspecified atom stereocenters. The van der Waals surface area contributed by atoms with Gasteiger partial charge >= 0.3 is 5.97 Å². The van der Waals surface area contributed by atoms with E-state index < -0.39 is 52.2 Å². The van der Waals surface area contributed by atoms with E-state index in [4.69, 9.17) is 34.1 Å². The van der Waals surface area contributed by atoms with Gasteiger partial charge in [-0.25, -0.2) is 14.6 Å². The quantitative estimate of drug-likeness (QED) is 0.0262. The summed E-state index contributed by atoms with van der Waals surface area (Å²) < 4.78 is 26.6. The van der Waals surface area contributed by atoms with Crippen LogP contribution in [0.15, 0.2) is 179 Å². The number of aromatic nitrogens is 11. The number of aliphatic hydroxyl groups excluding tert-OH is 3. The van der Waals surface area contributed by atoms with Gasteiger partial charge in [0.05, 0.1) is 32.8 Å². The molecule has 0 saturated carbocycles. The van der Waals surface area contributed by atoms with Gasteiger partial charge in [-0.3, -0.25) is 54.0 Å². The molecule has 115 heavy (non-hydrogen) atoms. The lowest BCUT2D eigenvalue weighted by Gasteiger charge is -2.16. The van der Waals surface area contributed by atoms with Crippen molar-refractivity contribution in [3.05, 3.63) is 207 Å². The van der Waals surface area contributed by atoms with Crippen LogP contribution >= 0.6 is 47.8 Å². The summed E-state index contributed by atoms with van der Waals surface area (Å²) in [5.74, 6) is -0.502. The lowest BCUT2D eigenvalue weighted by atomic mass is 10.0. The van der Waals surface area contributed by atoms with Crippen LogP contribution in [0.5, 0.6) is 11.5 Å². The second-order valence-corrected chi connectivity index (χ2v) is 43.3. The second-order valence-electron chi connectivity index (χ2n) is 29.3. The molecular weight excluding hydrogens is 1700 g/mol. The van der Waals surface area contributed by atoms with Gasteiger partial charge in [-0.2, -0.15) is 10.2 Å². The molecule has 3 atom stereocenters. The van der Waals surface area contributed by atoms with Gasteiger partial charge in [0.2, 0.25) is 5.91 Å². The third-order valence-corrected chi connectivity index (χ3v) is 21.5. The maximum Gasteiger partial charge on any atom is 0.307 e. The molecule has 11 aromatic rings. The number of carbonyl (C=O) groups excluding carboxylic acids is 4. The maximum atomic E-state index is 12.3. The van der Waals surface area contributed by atoms with E-state index in [-0.39, 0.29) is 18.2 Å². The Kier molecular flexibility index (Phi) is 37.1. The number of aliphatic carboxylic acids is 1. The molecule has 33 heteroatoms. The Morgan fingerprint density at radius 2 is 0.913 bits per heavy atom. The van der Waals surface area contributed by atoms with Crippen LogP contribution in [0.4, 0.5) is 0 Å². The predicted molar refractivity (Wildman–Crippen MR) is 461 cm³/mol. The van der Waals surface area contributed by atoms with Gasteiger partial charge in [-0.1, -0.05) is 63.5 Å². The van der Waals surface area contributed by atoms with Gasteiger partial charge in [0.25, 0.3) is 17.7 Å². The van der Waals surface area contributed by atoms with E-state index in [1.54, 1.807) is 160 Å². The average molecular weight is 1800 g/mol. The Balaban J connectivity index is 0.000000235. The number of benzene rings is 2. The third kappa shape index (κ3) is 29.7. The number of nitrogens with zero attached hydrogens (tertiary/aromatic N) is 14. The zero-order valence-corrected chi connectivity index (χ0v) is 74.6. The largest absolute Gasteiger partial charge is 0.496 e. The molecule has 0 spiro atoms. The molecule has 0 aliphatic rings. The van der Waals surface area contributed by atoms with E-state index in [0.717, 1.165) is 99.5 Å². The number of carboxylic acids is 1. The van der Waals surface area contributed by atoms with Crippen molar-refractivity contribution in [2.75, 3.05) is 90.4 Å². The maximum absolute atomic E-state index is 12.3. The summed E-state index contributed by atoms with van der Waals surface area (Å²) in [7, 11) is 14.3. The molecule has 0 fully saturated rings. The number of fused-ring (bicyclic) bond motifs is 2. The molecule has 0 bridgehead atoms. The normalized spacial score (nSPS) is 11.7. The first kappa shape index (κ1) is 93.9. The zero-order valence-electron chi connectivity index (χ0n) is 67.8. The highest BCUT2D eigenvalue weighted by molar-refractivity contribution is 9.11. The Morgan fingerprint density at radius 3 is 1.37 bits per heavy atom. The van der Waals surface area contributed by atoms with Gasteiger partial charge in [0.1, 0.15) is 23.9 Å². The van der Waals surface area contributed by atoms with Crippen molar-refractivity contribution in [3.8, 4) is 56.3 Å². The van der Waals surface area contributed by atoms with Crippen molar-refractivity contribution in [3.63, 3.8) is 0 Å². The molecule has 28 nitrogen and oxygen atoms in total. The summed E-state index contributed by atoms with van der Waals surface area (Å²) in [5.41, 5.74) is 10.5. The van der Waals surface area contributed by atoms with Crippen LogP contribution in [0.3, 0.4) is 0 Å². The summed E-state index contributed by atoms with van der Waals surface area (Å²) in [5, 5.41) is 52.8. The third-order valence-electron chi connectivity index (χ3n) is 16.8. The van der Waals surface area contributed by atoms with Gasteiger partial charge in [-0.05, 0) is 145 Å². The molecular formula is C82H102Br3N15O13Si2. The van der Waals surface area contributed by atoms with Gasteiger partial charge in [0, 0.05) is 241 Å². The average Bonchev–Trinajstić information content (AvgIpc) is 1.64. The van der Waals surface area contributed by atoms with Crippen LogP contribution in [-0.4, -0.2) is 231 Å². The molecule has 2 aromatic carbocycles. The van der Waals surface area contributed by atoms with Crippen LogP contribution < -0.4 is 9.47 Å². The van der Waals surface area contributed by atoms with E-state index >= 15 is 0 Å². The van der Waals surface area contributed by atoms with E-state index in [2.05, 4.69) is 127 Å². The summed E-state index contributed by atoms with van der Waals surface area (Å²) in [6.45, 7) is 18.9. The van der Waals surface area contributed by atoms with Gasteiger partial charge in [0.15, 0.2) is 29.6 Å². The Hall–Kier alpha value is -9.95. The number of carbonyl (C=O) groups is 5. The number of rotatable bonds is 25. The number of aliphatic hydroxyl groups is 3. The monoisotopic (exact) mass is 1800 g/mol. The van der Waals surface area contributed by atoms with Crippen LogP contribution in [0.25, 0.3) is 66.8 Å². The van der Waals surface area contributed by atoms with Crippen LogP contribution in [-0.2, 0) is 53.0 Å². The number of halogens is 3. The fourth-order valence-electron chi connectivity index (χ4n) is 10.4. The number of likely N-dealkylation sites (N-methyl/N-ethyl adjacent to an activating group) is 4. The molecule has 9 heterocycles. The molecule has 5 N–H and O–H groups in total. The summed E-state index contributed by atoms with van der Waals surface area (Å²) in [6, 6.07) is 30.5. The second kappa shape index (κ2) is 45.4. The molecule has 4 amide bonds. The molecule has 0 saturated heterocycles. The number of hydrogen-bond donors (Lipinski definition) is 5. The van der Waals surface area contributed by atoms with Gasteiger partial charge in [-0.15, -0.1) is 0 Å². The van der Waals surface area contributed by atoms with Gasteiger partial charge < -0.3 is 59.0 Å². The highest BCUT2D eigenvalue weighted by atomic mass is 79.9. The number of methoxy groups -OCH3 is 2. The number of hydrogen-bond acceptors (Lipinski definition) is 21. The fourth-order valence-corrected chi connectivity index (χ4v) is 13.1. The first-order valence-corrected chi connectivity index (χ1v) is 46.2. The number of H-pyrrole nitrogens is 1. The minimum absolute atomic E-state index is 0.0203. The van der Waals surface area contributed by atoms with Crippen molar-refractivity contribution in [2.45, 2.75) is 96.2 Å². The molecule has 11 rings (SSSR count). The lowest BCUT2D eigenvalue weighted by molar-refractivity contribution is -0.138. The minimum Gasteiger partial charge on any atom is -0.496 e. The van der Waals surface area contributed by atoms with Crippen LogP contribution in [0.1, 0.15) is 53.1 Å². The SMILES string of the molecule is CCOCC[Si](C)(C)C.CN(C)C(=O)C(O)c1cncc(Br)c1.CN(C)C(=O)Cc1cncc(Br)c1.COc1ccccc1-c1[nH]nc2ncc(-c3cncc(C(O)C(=O)N(C)C)c3)cc12.COc1ccccc1-c1nn(COCC[Si](C)(C)C)c2ncc(-c3cncc(C(O)C(=O)N(C)C)c3)cc12.O=C(O)Cc1cncc(Br)c1. The van der Waals surface area contributed by atoms with E-state index in [1.807, 2.05) is 73.7 Å². The summed E-state index contributed by atoms with van der Waals surface area (Å²) in [4.78, 5) is 92.3. The number of amides is 4. The molecule has 612 valence electrons. The van der Waals surface area contributed by atoms with E-state index in [1.165, 1.54) is 39.3 Å². The standard InChI is InChI=1S/C28H35N5O4Si.C22H21N5O3.C9H11BrN2O2.C9H11BrN2O.C7H6BrNO2.C7H18OSi/c1-32(2)28(35)26(34)21-13-19(15-29-16-21)20-14-23-25(22-9-7-8-10-24(22)36-3)31-33(27(23)30-17-20)18-37-11-12-38(4,5)6;1-27(2)22(29)20(28)15-8-13(10-23-11-15)14-9-17-19(25-26-21(17)24-12-14)16-6-4-5-7-18(16)30-3;1-12(2)9(14)8(13)6-3-7(10)5-11-4-6;1-12(2)9(13)4-7-3-8(10)6-11-5-7;8-6-1-5(2-7(10)11)3-9-4-6;1-5-8-6-7-9(2,3)4/h7-10,13-17,26,34H,11-12,18H2,1-6H3;4-12,20,28H,1-3H3,(H,24,25,26);3-5,8,13H,1-2H3;3,5-6H,4H2,1-2H3;1,3-4H,2H2,(H,10,11);5-7H2,1-4H3. The highest BCUT2D eigenvalue weighted by Crippen LogP contribution is 2.38. The fraction of sp³-hybridized carbons (Fsp3) is 0.341. The first-order valence-electron chi connectivity index (χ1n) is 36.4. The van der Waals surface area contributed by atoms with Crippen molar-refractivity contribution >= 4 is 116 Å². The van der Waals surface area contributed by atoms with Crippen molar-refractivity contribution < 1.29 is 63.3 Å². The van der Waals surface area contributed by atoms with Crippen molar-refractivity contribution in [2.24, 2.45) is 0 Å². The number of pyridine rings is 7.